The average molecular weight is 461 g/mol. The number of amides is 2. The molecule has 0 aliphatic rings. The Labute approximate surface area is 192 Å². The van der Waals surface area contributed by atoms with Gasteiger partial charge in [-0.2, -0.15) is 0 Å². The quantitative estimate of drug-likeness (QED) is 0.445. The van der Waals surface area contributed by atoms with Crippen LogP contribution in [0.3, 0.4) is 0 Å². The lowest BCUT2D eigenvalue weighted by atomic mass is 10.1. The third kappa shape index (κ3) is 5.18. The highest BCUT2D eigenvalue weighted by molar-refractivity contribution is 6.03. The van der Waals surface area contributed by atoms with E-state index in [4.69, 9.17) is 4.74 Å². The second-order valence-electron chi connectivity index (χ2n) is 6.95. The second-order valence-corrected chi connectivity index (χ2v) is 6.95. The lowest BCUT2D eigenvalue weighted by Crippen LogP contribution is -2.18. The molecule has 8 nitrogen and oxygen atoms in total. The number of carbonyl (C=O) groups excluding carboxylic acids is 2. The molecule has 2 aromatic carbocycles. The fourth-order valence-electron chi connectivity index (χ4n) is 2.97. The molecule has 4 aromatic rings. The number of carbonyl (C=O) groups is 2. The van der Waals surface area contributed by atoms with E-state index in [-0.39, 0.29) is 34.4 Å². The van der Waals surface area contributed by atoms with E-state index in [0.717, 1.165) is 6.07 Å². The number of nitrogens with zero attached hydrogens (tertiary/aromatic N) is 3. The minimum Gasteiger partial charge on any atom is -0.454 e. The van der Waals surface area contributed by atoms with Crippen molar-refractivity contribution in [2.24, 2.45) is 0 Å². The summed E-state index contributed by atoms with van der Waals surface area (Å²) < 4.78 is 33.3. The van der Waals surface area contributed by atoms with E-state index in [0.29, 0.717) is 11.3 Å². The SMILES string of the molecule is CNC(=O)c1cc(Oc2ccc(NC(=O)c3cc(-c4ccc(F)cc4)ncn3)cc2F)ccn1. The van der Waals surface area contributed by atoms with E-state index in [9.17, 15) is 18.4 Å². The molecule has 0 saturated heterocycles. The molecule has 0 atom stereocenters. The van der Waals surface area contributed by atoms with Gasteiger partial charge in [0.25, 0.3) is 11.8 Å². The van der Waals surface area contributed by atoms with Crippen LogP contribution in [0.1, 0.15) is 21.0 Å². The maximum atomic E-state index is 14.6. The minimum atomic E-state index is -0.731. The summed E-state index contributed by atoms with van der Waals surface area (Å²) in [7, 11) is 1.47. The minimum absolute atomic E-state index is 0.0496. The topological polar surface area (TPSA) is 106 Å². The lowest BCUT2D eigenvalue weighted by molar-refractivity contribution is 0.0957. The summed E-state index contributed by atoms with van der Waals surface area (Å²) in [5, 5.41) is 5.00. The maximum Gasteiger partial charge on any atom is 0.274 e. The summed E-state index contributed by atoms with van der Waals surface area (Å²) in [5.41, 5.74) is 1.39. The number of hydrogen-bond donors (Lipinski definition) is 2. The zero-order valence-electron chi connectivity index (χ0n) is 17.8. The van der Waals surface area contributed by atoms with Gasteiger partial charge in [0.1, 0.15) is 29.3 Å². The predicted octanol–water partition coefficient (Wildman–Crippen LogP) is 4.22. The number of nitrogens with one attached hydrogen (secondary N) is 2. The van der Waals surface area contributed by atoms with E-state index in [1.165, 1.54) is 74.2 Å². The van der Waals surface area contributed by atoms with Crippen LogP contribution in [0.4, 0.5) is 14.5 Å². The molecule has 2 heterocycles. The van der Waals surface area contributed by atoms with Gasteiger partial charge >= 0.3 is 0 Å². The molecule has 34 heavy (non-hydrogen) atoms. The Morgan fingerprint density at radius 2 is 1.62 bits per heavy atom. The molecule has 0 spiro atoms. The number of halogens is 2. The van der Waals surface area contributed by atoms with Crippen LogP contribution in [0.5, 0.6) is 11.5 Å². The molecular formula is C24H17F2N5O3. The van der Waals surface area contributed by atoms with E-state index >= 15 is 0 Å². The highest BCUT2D eigenvalue weighted by Gasteiger charge is 2.13. The van der Waals surface area contributed by atoms with Crippen molar-refractivity contribution in [3.63, 3.8) is 0 Å². The smallest absolute Gasteiger partial charge is 0.274 e. The number of ether oxygens (including phenoxy) is 1. The van der Waals surface area contributed by atoms with Crippen molar-refractivity contribution in [1.29, 1.82) is 0 Å². The van der Waals surface area contributed by atoms with Gasteiger partial charge < -0.3 is 15.4 Å². The number of anilines is 1. The van der Waals surface area contributed by atoms with Gasteiger partial charge in [-0.05, 0) is 48.5 Å². The van der Waals surface area contributed by atoms with Crippen LogP contribution in [0.15, 0.2) is 73.2 Å². The summed E-state index contributed by atoms with van der Waals surface area (Å²) in [5.74, 6) is -1.99. The Bertz CT molecular complexity index is 1360. The van der Waals surface area contributed by atoms with Crippen molar-refractivity contribution in [2.75, 3.05) is 12.4 Å². The molecule has 0 aliphatic heterocycles. The predicted molar refractivity (Wildman–Crippen MR) is 119 cm³/mol. The first-order valence-electron chi connectivity index (χ1n) is 9.98. The summed E-state index contributed by atoms with van der Waals surface area (Å²) in [4.78, 5) is 36.3. The summed E-state index contributed by atoms with van der Waals surface area (Å²) in [6.07, 6.45) is 2.58. The van der Waals surface area contributed by atoms with Gasteiger partial charge in [-0.3, -0.25) is 14.6 Å². The van der Waals surface area contributed by atoms with Crippen LogP contribution in [0, 0.1) is 11.6 Å². The monoisotopic (exact) mass is 461 g/mol. The van der Waals surface area contributed by atoms with Crippen LogP contribution in [-0.2, 0) is 0 Å². The molecule has 0 saturated carbocycles. The lowest BCUT2D eigenvalue weighted by Gasteiger charge is -2.10. The van der Waals surface area contributed by atoms with E-state index in [1.54, 1.807) is 0 Å². The average Bonchev–Trinajstić information content (AvgIpc) is 2.86. The van der Waals surface area contributed by atoms with Crippen molar-refractivity contribution in [1.82, 2.24) is 20.3 Å². The fourth-order valence-corrected chi connectivity index (χ4v) is 2.97. The fraction of sp³-hybridized carbons (Fsp3) is 0.0417. The van der Waals surface area contributed by atoms with Gasteiger partial charge in [0.05, 0.1) is 5.69 Å². The number of hydrogen-bond acceptors (Lipinski definition) is 6. The number of benzene rings is 2. The van der Waals surface area contributed by atoms with Crippen molar-refractivity contribution >= 4 is 17.5 Å². The molecule has 0 aliphatic carbocycles. The third-order valence-corrected chi connectivity index (χ3v) is 4.65. The Morgan fingerprint density at radius 1 is 0.853 bits per heavy atom. The third-order valence-electron chi connectivity index (χ3n) is 4.65. The molecule has 0 unspecified atom stereocenters. The number of pyridine rings is 1. The number of rotatable bonds is 6. The van der Waals surface area contributed by atoms with E-state index < -0.39 is 17.6 Å². The van der Waals surface area contributed by atoms with Gasteiger partial charge in [0, 0.05) is 36.6 Å². The van der Waals surface area contributed by atoms with E-state index in [1.807, 2.05) is 0 Å². The highest BCUT2D eigenvalue weighted by atomic mass is 19.1. The highest BCUT2D eigenvalue weighted by Crippen LogP contribution is 2.27. The van der Waals surface area contributed by atoms with Crippen molar-refractivity contribution in [2.45, 2.75) is 0 Å². The maximum absolute atomic E-state index is 14.6. The first-order valence-corrected chi connectivity index (χ1v) is 9.98. The van der Waals surface area contributed by atoms with Crippen LogP contribution in [0.25, 0.3) is 11.3 Å². The summed E-state index contributed by atoms with van der Waals surface area (Å²) >= 11 is 0. The second kappa shape index (κ2) is 9.82. The van der Waals surface area contributed by atoms with Gasteiger partial charge in [-0.1, -0.05) is 0 Å². The largest absolute Gasteiger partial charge is 0.454 e. The van der Waals surface area contributed by atoms with Crippen molar-refractivity contribution in [3.05, 3.63) is 96.2 Å². The molecule has 2 aromatic heterocycles. The van der Waals surface area contributed by atoms with Gasteiger partial charge in [-0.25, -0.2) is 18.7 Å². The normalized spacial score (nSPS) is 10.4. The van der Waals surface area contributed by atoms with Gasteiger partial charge in [-0.15, -0.1) is 0 Å². The molecule has 2 N–H and O–H groups in total. The molecule has 4 rings (SSSR count). The first-order chi connectivity index (χ1) is 16.4. The summed E-state index contributed by atoms with van der Waals surface area (Å²) in [6.45, 7) is 0. The molecule has 2 amide bonds. The van der Waals surface area contributed by atoms with Crippen LogP contribution in [-0.4, -0.2) is 33.8 Å². The molecule has 170 valence electrons. The van der Waals surface area contributed by atoms with E-state index in [2.05, 4.69) is 25.6 Å². The van der Waals surface area contributed by atoms with Crippen LogP contribution in [0.2, 0.25) is 0 Å². The van der Waals surface area contributed by atoms with Crippen molar-refractivity contribution in [3.8, 4) is 22.8 Å². The Morgan fingerprint density at radius 3 is 2.35 bits per heavy atom. The number of aromatic nitrogens is 3. The van der Waals surface area contributed by atoms with Crippen molar-refractivity contribution < 1.29 is 23.1 Å². The standard InChI is InChI=1S/C24H17F2N5O3/c1-27-23(32)20-11-17(8-9-28-20)34-22-7-6-16(10-18(22)26)31-24(33)21-12-19(29-13-30-21)14-2-4-15(25)5-3-14/h2-13H,1H3,(H,27,32)(H,31,33). The first kappa shape index (κ1) is 22.5. The van der Waals surface area contributed by atoms with Gasteiger partial charge in [0.15, 0.2) is 11.6 Å². The van der Waals surface area contributed by atoms with Crippen LogP contribution >= 0.6 is 0 Å². The molecular weight excluding hydrogens is 444 g/mol. The zero-order chi connectivity index (χ0) is 24.1. The Hall–Kier alpha value is -4.73. The molecule has 0 fully saturated rings. The zero-order valence-corrected chi connectivity index (χ0v) is 17.8. The Balaban J connectivity index is 1.48. The molecule has 10 heteroatoms. The van der Waals surface area contributed by atoms with Crippen LogP contribution < -0.4 is 15.4 Å². The molecule has 0 radical (unpaired) electrons. The van der Waals surface area contributed by atoms with Gasteiger partial charge in [0.2, 0.25) is 0 Å². The summed E-state index contributed by atoms with van der Waals surface area (Å²) in [6, 6.07) is 13.8. The molecule has 0 bridgehead atoms. The Kier molecular flexibility index (Phi) is 6.49.